The number of ether oxygens (including phenoxy) is 1. The van der Waals surface area contributed by atoms with Crippen molar-refractivity contribution in [3.05, 3.63) is 41.7 Å². The summed E-state index contributed by atoms with van der Waals surface area (Å²) >= 11 is 5.86. The van der Waals surface area contributed by atoms with Crippen LogP contribution in [-0.2, 0) is 14.6 Å². The summed E-state index contributed by atoms with van der Waals surface area (Å²) in [5, 5.41) is 0.604. The molecule has 0 saturated heterocycles. The van der Waals surface area contributed by atoms with Crippen LogP contribution >= 0.6 is 11.6 Å². The number of H-pyrrole nitrogens is 1. The third-order valence-electron chi connectivity index (χ3n) is 3.16. The van der Waals surface area contributed by atoms with Crippen molar-refractivity contribution in [3.8, 4) is 11.1 Å². The number of aromatic amines is 1. The number of rotatable bonds is 4. The lowest BCUT2D eigenvalue weighted by Crippen LogP contribution is -2.16. The lowest BCUT2D eigenvalue weighted by Gasteiger charge is -2.06. The molecular formula is C14H13ClN2O3S. The Morgan fingerprint density at radius 1 is 1.24 bits per heavy atom. The first-order valence-corrected chi connectivity index (χ1v) is 8.41. The summed E-state index contributed by atoms with van der Waals surface area (Å²) in [6.07, 6.45) is 3.14. The Balaban J connectivity index is 1.96. The molecule has 2 heterocycles. The Kier molecular flexibility index (Phi) is 3.73. The van der Waals surface area contributed by atoms with Crippen molar-refractivity contribution in [1.82, 2.24) is 4.98 Å². The lowest BCUT2D eigenvalue weighted by atomic mass is 10.1. The molecule has 0 bridgehead atoms. The van der Waals surface area contributed by atoms with E-state index in [-0.39, 0.29) is 16.5 Å². The smallest absolute Gasteiger partial charge is 0.199 e. The number of aromatic nitrogens is 1. The number of halogens is 1. The van der Waals surface area contributed by atoms with E-state index in [1.165, 1.54) is 6.20 Å². The van der Waals surface area contributed by atoms with Crippen LogP contribution in [0.4, 0.5) is 0 Å². The van der Waals surface area contributed by atoms with Crippen molar-refractivity contribution in [2.75, 3.05) is 18.9 Å². The van der Waals surface area contributed by atoms with Gasteiger partial charge in [0.2, 0.25) is 0 Å². The zero-order chi connectivity index (χ0) is 14.9. The van der Waals surface area contributed by atoms with Gasteiger partial charge in [-0.2, -0.15) is 0 Å². The van der Waals surface area contributed by atoms with Crippen LogP contribution in [0.2, 0.25) is 5.02 Å². The second kappa shape index (κ2) is 5.54. The monoisotopic (exact) mass is 324 g/mol. The maximum atomic E-state index is 12.5. The van der Waals surface area contributed by atoms with Gasteiger partial charge in [0, 0.05) is 23.0 Å². The summed E-state index contributed by atoms with van der Waals surface area (Å²) in [6.45, 7) is 0.962. The number of hydrogen-bond acceptors (Lipinski definition) is 4. The Morgan fingerprint density at radius 2 is 2.00 bits per heavy atom. The maximum Gasteiger partial charge on any atom is 0.199 e. The van der Waals surface area contributed by atoms with Gasteiger partial charge in [0.15, 0.2) is 15.7 Å². The van der Waals surface area contributed by atoms with E-state index in [0.29, 0.717) is 23.7 Å². The fraction of sp³-hybridized carbons (Fsp3) is 0.214. The van der Waals surface area contributed by atoms with E-state index in [4.69, 9.17) is 16.3 Å². The molecule has 0 atom stereocenters. The van der Waals surface area contributed by atoms with Crippen molar-refractivity contribution in [2.45, 2.75) is 4.90 Å². The topological polar surface area (TPSA) is 71.5 Å². The molecule has 110 valence electrons. The van der Waals surface area contributed by atoms with E-state index in [1.54, 1.807) is 30.5 Å². The average Bonchev–Trinajstić information content (AvgIpc) is 3.10. The van der Waals surface area contributed by atoms with Crippen LogP contribution in [0, 0.1) is 0 Å². The van der Waals surface area contributed by atoms with Crippen molar-refractivity contribution in [1.29, 1.82) is 0 Å². The molecule has 1 aromatic heterocycles. The van der Waals surface area contributed by atoms with Crippen molar-refractivity contribution >= 4 is 27.3 Å². The van der Waals surface area contributed by atoms with Gasteiger partial charge in [-0.25, -0.2) is 8.42 Å². The van der Waals surface area contributed by atoms with Gasteiger partial charge >= 0.3 is 0 Å². The van der Waals surface area contributed by atoms with Crippen molar-refractivity contribution in [2.24, 2.45) is 4.99 Å². The molecule has 0 amide bonds. The first-order chi connectivity index (χ1) is 10.1. The SMILES string of the molecule is O=S(=O)(CC1=NCCO1)c1c[nH]cc1-c1ccc(Cl)cc1. The van der Waals surface area contributed by atoms with E-state index in [0.717, 1.165) is 5.56 Å². The number of hydrogen-bond donors (Lipinski definition) is 1. The molecule has 3 rings (SSSR count). The number of sulfone groups is 1. The van der Waals surface area contributed by atoms with Gasteiger partial charge < -0.3 is 9.72 Å². The highest BCUT2D eigenvalue weighted by Gasteiger charge is 2.24. The summed E-state index contributed by atoms with van der Waals surface area (Å²) in [7, 11) is -3.51. The van der Waals surface area contributed by atoms with E-state index >= 15 is 0 Å². The van der Waals surface area contributed by atoms with Gasteiger partial charge in [-0.05, 0) is 17.7 Å². The van der Waals surface area contributed by atoms with Gasteiger partial charge in [0.1, 0.15) is 12.4 Å². The molecule has 0 spiro atoms. The highest BCUT2D eigenvalue weighted by atomic mass is 35.5. The largest absolute Gasteiger partial charge is 0.478 e. The normalized spacial score (nSPS) is 14.8. The first kappa shape index (κ1) is 14.2. The minimum absolute atomic E-state index is 0.217. The van der Waals surface area contributed by atoms with Crippen LogP contribution < -0.4 is 0 Å². The molecule has 1 aromatic carbocycles. The quantitative estimate of drug-likeness (QED) is 0.939. The van der Waals surface area contributed by atoms with Crippen LogP contribution in [-0.4, -0.2) is 38.2 Å². The molecule has 5 nitrogen and oxygen atoms in total. The predicted octanol–water partition coefficient (Wildman–Crippen LogP) is 2.54. The van der Waals surface area contributed by atoms with E-state index in [1.807, 2.05) is 0 Å². The standard InChI is InChI=1S/C14H13ClN2O3S/c15-11-3-1-10(2-4-11)12-7-16-8-13(12)21(18,19)9-14-17-5-6-20-14/h1-4,7-8,16H,5-6,9H2. The minimum Gasteiger partial charge on any atom is -0.478 e. The number of aliphatic imine (C=N–C) groups is 1. The average molecular weight is 325 g/mol. The highest BCUT2D eigenvalue weighted by molar-refractivity contribution is 7.92. The molecule has 0 fully saturated rings. The number of benzene rings is 1. The highest BCUT2D eigenvalue weighted by Crippen LogP contribution is 2.29. The third kappa shape index (κ3) is 2.96. The minimum atomic E-state index is -3.51. The van der Waals surface area contributed by atoms with Crippen molar-refractivity contribution < 1.29 is 13.2 Å². The molecule has 7 heteroatoms. The number of nitrogens with one attached hydrogen (secondary N) is 1. The molecule has 1 aliphatic heterocycles. The van der Waals surface area contributed by atoms with Crippen LogP contribution in [0.5, 0.6) is 0 Å². The van der Waals surface area contributed by atoms with Crippen LogP contribution in [0.1, 0.15) is 0 Å². The first-order valence-electron chi connectivity index (χ1n) is 6.38. The van der Waals surface area contributed by atoms with Gasteiger partial charge in [-0.3, -0.25) is 4.99 Å². The Morgan fingerprint density at radius 3 is 2.67 bits per heavy atom. The Labute approximate surface area is 127 Å². The summed E-state index contributed by atoms with van der Waals surface area (Å²) in [5.74, 6) is 0.0593. The summed E-state index contributed by atoms with van der Waals surface area (Å²) in [6, 6.07) is 7.02. The molecule has 21 heavy (non-hydrogen) atoms. The summed E-state index contributed by atoms with van der Waals surface area (Å²) in [4.78, 5) is 7.12. The molecule has 0 unspecified atom stereocenters. The maximum absolute atomic E-state index is 12.5. The summed E-state index contributed by atoms with van der Waals surface area (Å²) in [5.41, 5.74) is 1.40. The second-order valence-corrected chi connectivity index (χ2v) is 7.02. The Hall–Kier alpha value is -1.79. The fourth-order valence-corrected chi connectivity index (χ4v) is 3.71. The molecule has 1 N–H and O–H groups in total. The van der Waals surface area contributed by atoms with Crippen LogP contribution in [0.3, 0.4) is 0 Å². The lowest BCUT2D eigenvalue weighted by molar-refractivity contribution is 0.345. The molecule has 2 aromatic rings. The second-order valence-electron chi connectivity index (χ2n) is 4.62. The van der Waals surface area contributed by atoms with Crippen LogP contribution in [0.15, 0.2) is 46.5 Å². The van der Waals surface area contributed by atoms with E-state index in [9.17, 15) is 8.42 Å². The third-order valence-corrected chi connectivity index (χ3v) is 5.05. The van der Waals surface area contributed by atoms with E-state index in [2.05, 4.69) is 9.98 Å². The van der Waals surface area contributed by atoms with Gasteiger partial charge in [-0.15, -0.1) is 0 Å². The zero-order valence-corrected chi connectivity index (χ0v) is 12.6. The van der Waals surface area contributed by atoms with Gasteiger partial charge in [-0.1, -0.05) is 23.7 Å². The molecule has 1 aliphatic rings. The molecular weight excluding hydrogens is 312 g/mol. The Bertz CT molecular complexity index is 779. The molecule has 0 radical (unpaired) electrons. The zero-order valence-electron chi connectivity index (χ0n) is 11.0. The van der Waals surface area contributed by atoms with Gasteiger partial charge in [0.25, 0.3) is 0 Å². The van der Waals surface area contributed by atoms with E-state index < -0.39 is 9.84 Å². The molecule has 0 saturated carbocycles. The van der Waals surface area contributed by atoms with Gasteiger partial charge in [0.05, 0.1) is 11.4 Å². The summed E-state index contributed by atoms with van der Waals surface area (Å²) < 4.78 is 30.2. The predicted molar refractivity (Wildman–Crippen MR) is 81.5 cm³/mol. The van der Waals surface area contributed by atoms with Crippen molar-refractivity contribution in [3.63, 3.8) is 0 Å². The molecule has 0 aliphatic carbocycles. The van der Waals surface area contributed by atoms with Crippen LogP contribution in [0.25, 0.3) is 11.1 Å². The number of nitrogens with zero attached hydrogens (tertiary/aromatic N) is 1. The fourth-order valence-electron chi connectivity index (χ4n) is 2.17.